The summed E-state index contributed by atoms with van der Waals surface area (Å²) in [7, 11) is 0. The molecule has 0 atom stereocenters. The summed E-state index contributed by atoms with van der Waals surface area (Å²) < 4.78 is 44.0. The molecule has 1 aliphatic rings. The Morgan fingerprint density at radius 1 is 0.842 bits per heavy atom. The molecular weight excluding hydrogens is 294 g/mol. The molecule has 0 aromatic carbocycles. The molecule has 0 amide bonds. The summed E-state index contributed by atoms with van der Waals surface area (Å²) in [5.41, 5.74) is 0. The first kappa shape index (κ1) is 30.8. The van der Waals surface area contributed by atoms with Crippen molar-refractivity contribution < 1.29 is 43.8 Å². The Balaban J connectivity index is -0.0000000557. The summed E-state index contributed by atoms with van der Waals surface area (Å²) in [6.45, 7) is 28.4. The molecule has 0 spiro atoms. The fourth-order valence-electron chi connectivity index (χ4n) is 0.878. The Bertz CT molecular complexity index is 240. The van der Waals surface area contributed by atoms with Crippen molar-refractivity contribution in [1.82, 2.24) is 4.90 Å². The second-order valence-corrected chi connectivity index (χ2v) is 3.04. The molecule has 0 N–H and O–H groups in total. The van der Waals surface area contributed by atoms with Gasteiger partial charge < -0.3 is 0 Å². The van der Waals surface area contributed by atoms with Gasteiger partial charge in [-0.15, -0.1) is 0 Å². The van der Waals surface area contributed by atoms with Gasteiger partial charge in [0.2, 0.25) is 0 Å². The molecule has 1 saturated heterocycles. The summed E-state index contributed by atoms with van der Waals surface area (Å²) in [4.78, 5) is 2.30. The van der Waals surface area contributed by atoms with E-state index in [1.54, 1.807) is 0 Å². The molecule has 1 heterocycles. The zero-order chi connectivity index (χ0) is 16.7. The number of nitrogens with zero attached hydrogens (tertiary/aromatic N) is 1. The molecule has 7 nitrogen and oxygen atoms in total. The van der Waals surface area contributed by atoms with Gasteiger partial charge in [0.05, 0.1) is 0 Å². The summed E-state index contributed by atoms with van der Waals surface area (Å²) >= 11 is 3.00. The first-order valence-electron chi connectivity index (χ1n) is 4.16. The van der Waals surface area contributed by atoms with E-state index in [9.17, 15) is 0 Å². The Labute approximate surface area is 120 Å². The van der Waals surface area contributed by atoms with E-state index in [1.807, 2.05) is 0 Å². The van der Waals surface area contributed by atoms with Crippen molar-refractivity contribution in [2.45, 2.75) is 6.92 Å². The van der Waals surface area contributed by atoms with Crippen LogP contribution in [-0.2, 0) is 43.8 Å². The summed E-state index contributed by atoms with van der Waals surface area (Å²) in [5.74, 6) is 0. The predicted octanol–water partition coefficient (Wildman–Crippen LogP) is -0.172. The summed E-state index contributed by atoms with van der Waals surface area (Å²) in [5, 5.41) is 0. The molecule has 19 heavy (non-hydrogen) atoms. The topological polar surface area (TPSA) is 112 Å². The minimum atomic E-state index is 0.874. The van der Waals surface area contributed by atoms with E-state index in [1.165, 1.54) is 4.50 Å². The van der Waals surface area contributed by atoms with Crippen LogP contribution in [0.25, 0.3) is 0 Å². The predicted molar refractivity (Wildman–Crippen MR) is 52.7 cm³/mol. The van der Waals surface area contributed by atoms with Crippen LogP contribution in [0, 0.1) is 33.3 Å². The van der Waals surface area contributed by atoms with E-state index >= 15 is 0 Å². The van der Waals surface area contributed by atoms with Crippen molar-refractivity contribution in [3.05, 3.63) is 33.3 Å². The van der Waals surface area contributed by atoms with Gasteiger partial charge in [-0.1, -0.05) is 0 Å². The zero-order valence-electron chi connectivity index (χ0n) is 10.1. The Morgan fingerprint density at radius 3 is 1.26 bits per heavy atom. The van der Waals surface area contributed by atoms with Gasteiger partial charge in [0.15, 0.2) is 0 Å². The van der Waals surface area contributed by atoms with Crippen LogP contribution in [0.5, 0.6) is 0 Å². The van der Waals surface area contributed by atoms with E-state index in [2.05, 4.69) is 60.9 Å². The van der Waals surface area contributed by atoms with Crippen LogP contribution >= 0.6 is 0 Å². The van der Waals surface area contributed by atoms with Crippen molar-refractivity contribution >= 4 is 4.50 Å². The molecule has 0 radical (unpaired) electrons. The third-order valence-electron chi connectivity index (χ3n) is 1.46. The molecule has 0 aromatic rings. The minimum absolute atomic E-state index is 0.874. The van der Waals surface area contributed by atoms with E-state index in [0.717, 1.165) is 26.3 Å². The number of ether oxygens (including phenoxy) is 1. The molecule has 0 aromatic heterocycles. The monoisotopic (exact) mass is 305 g/mol. The zero-order valence-corrected chi connectivity index (χ0v) is 11.4. The SMILES string of the molecule is C[C](=[Cr])N1CCOCC1.[C-]#[O+].[C-]#[O+].[C-]#[O+].[C-]#[O+].[C-]#[O+]. The van der Waals surface area contributed by atoms with Crippen LogP contribution in [0.1, 0.15) is 6.92 Å². The van der Waals surface area contributed by atoms with E-state index in [0.29, 0.717) is 0 Å². The van der Waals surface area contributed by atoms with Crippen molar-refractivity contribution in [2.24, 2.45) is 0 Å². The third kappa shape index (κ3) is 31.6. The van der Waals surface area contributed by atoms with Gasteiger partial charge in [0, 0.05) is 0 Å². The van der Waals surface area contributed by atoms with Crippen molar-refractivity contribution in [2.75, 3.05) is 26.3 Å². The first-order valence-corrected chi connectivity index (χ1v) is 4.80. The first-order chi connectivity index (χ1) is 9.30. The van der Waals surface area contributed by atoms with Crippen molar-refractivity contribution in [3.8, 4) is 0 Å². The van der Waals surface area contributed by atoms with Crippen LogP contribution in [0.4, 0.5) is 0 Å². The second-order valence-electron chi connectivity index (χ2n) is 2.12. The quantitative estimate of drug-likeness (QED) is 0.494. The fraction of sp³-hybridized carbons (Fsp3) is 0.455. The molecule has 8 heteroatoms. The maximum atomic E-state index is 7.50. The van der Waals surface area contributed by atoms with Gasteiger partial charge in [0.25, 0.3) is 0 Å². The normalized spacial score (nSPS) is 10.9. The summed E-state index contributed by atoms with van der Waals surface area (Å²) in [6, 6.07) is 0. The van der Waals surface area contributed by atoms with Gasteiger partial charge in [-0.3, -0.25) is 0 Å². The van der Waals surface area contributed by atoms with Crippen LogP contribution in [-0.4, -0.2) is 35.7 Å². The molecule has 1 rings (SSSR count). The van der Waals surface area contributed by atoms with Gasteiger partial charge >= 0.3 is 120 Å². The van der Waals surface area contributed by atoms with Crippen LogP contribution in [0.2, 0.25) is 0 Å². The molecule has 1 fully saturated rings. The average molecular weight is 305 g/mol. The number of hydrogen-bond acceptors (Lipinski definition) is 2. The molecule has 0 aliphatic carbocycles. The number of hydrogen-bond donors (Lipinski definition) is 0. The maximum absolute atomic E-state index is 7.50. The van der Waals surface area contributed by atoms with Crippen LogP contribution in [0.15, 0.2) is 0 Å². The average Bonchev–Trinajstić information content (AvgIpc) is 2.57. The van der Waals surface area contributed by atoms with Crippen LogP contribution in [0.3, 0.4) is 0 Å². The Kier molecular flexibility index (Phi) is 70.5. The molecule has 102 valence electrons. The van der Waals surface area contributed by atoms with Gasteiger partial charge in [-0.25, -0.2) is 0 Å². The van der Waals surface area contributed by atoms with Gasteiger partial charge in [-0.05, 0) is 0 Å². The standard InChI is InChI=1S/C6H11NO.5CO.Cr/c1-2-7-3-5-8-6-4-7;5*1-2;/h3-6H2,1H3;;;;;;. The van der Waals surface area contributed by atoms with E-state index < -0.39 is 0 Å². The Hall–Kier alpha value is -0.978. The number of rotatable bonds is 1. The third-order valence-corrected chi connectivity index (χ3v) is 1.86. The van der Waals surface area contributed by atoms with E-state index in [4.69, 9.17) is 28.0 Å². The Morgan fingerprint density at radius 2 is 1.11 bits per heavy atom. The fourth-order valence-corrected chi connectivity index (χ4v) is 1.16. The van der Waals surface area contributed by atoms with Crippen LogP contribution < -0.4 is 0 Å². The molecule has 1 aliphatic heterocycles. The van der Waals surface area contributed by atoms with Crippen molar-refractivity contribution in [3.63, 3.8) is 0 Å². The number of morpholine rings is 1. The second kappa shape index (κ2) is 43.5. The van der Waals surface area contributed by atoms with E-state index in [-0.39, 0.29) is 0 Å². The summed E-state index contributed by atoms with van der Waals surface area (Å²) in [6.07, 6.45) is 0. The molecule has 0 bridgehead atoms. The van der Waals surface area contributed by atoms with Crippen molar-refractivity contribution in [1.29, 1.82) is 0 Å². The molecule has 0 saturated carbocycles. The van der Waals surface area contributed by atoms with Gasteiger partial charge in [0.1, 0.15) is 0 Å². The van der Waals surface area contributed by atoms with Gasteiger partial charge in [-0.2, -0.15) is 0 Å². The molecule has 0 unspecified atom stereocenters. The molecular formula is C11H11CrNO6.